The molecule has 1 aromatic heterocycles. The van der Waals surface area contributed by atoms with E-state index in [-0.39, 0.29) is 5.82 Å². The molecule has 3 N–H and O–H groups in total. The van der Waals surface area contributed by atoms with Crippen LogP contribution >= 0.6 is 0 Å². The Balaban J connectivity index is 1.30. The molecule has 9 heteroatoms. The van der Waals surface area contributed by atoms with Crippen molar-refractivity contribution in [3.05, 3.63) is 65.4 Å². The minimum Gasteiger partial charge on any atom is -0.481 e. The van der Waals surface area contributed by atoms with Crippen LogP contribution in [-0.4, -0.2) is 47.3 Å². The van der Waals surface area contributed by atoms with E-state index >= 15 is 0 Å². The number of amidine groups is 1. The summed E-state index contributed by atoms with van der Waals surface area (Å²) in [5.74, 6) is 0.263. The van der Waals surface area contributed by atoms with Gasteiger partial charge in [-0.15, -0.1) is 0 Å². The normalized spacial score (nSPS) is 25.5. The fourth-order valence-corrected chi connectivity index (χ4v) is 6.57. The van der Waals surface area contributed by atoms with Gasteiger partial charge in [0.25, 0.3) is 6.02 Å². The highest BCUT2D eigenvalue weighted by Gasteiger charge is 2.47. The lowest BCUT2D eigenvalue weighted by Gasteiger charge is -2.42. The molecule has 2 saturated heterocycles. The third-order valence-electron chi connectivity index (χ3n) is 8.69. The minimum absolute atomic E-state index is 0.205. The number of aromatic nitrogens is 1. The number of ether oxygens (including phenoxy) is 1. The van der Waals surface area contributed by atoms with Gasteiger partial charge in [-0.25, -0.2) is 14.4 Å². The van der Waals surface area contributed by atoms with E-state index in [1.165, 1.54) is 5.56 Å². The number of piperidine rings is 1. The maximum Gasteiger partial charge on any atom is 0.314 e. The number of aliphatic carboxylic acids is 1. The Hall–Kier alpha value is -3.62. The van der Waals surface area contributed by atoms with Crippen molar-refractivity contribution in [3.8, 4) is 0 Å². The van der Waals surface area contributed by atoms with E-state index in [1.807, 2.05) is 31.3 Å². The number of carboxylic acids is 1. The van der Waals surface area contributed by atoms with E-state index in [0.29, 0.717) is 50.0 Å². The molecule has 2 atom stereocenters. The van der Waals surface area contributed by atoms with Crippen molar-refractivity contribution in [1.29, 1.82) is 0 Å². The first-order chi connectivity index (χ1) is 18.5. The molecule has 4 aliphatic rings. The molecular weight excluding hydrogens is 485 g/mol. The first-order valence-electron chi connectivity index (χ1n) is 13.6. The number of hydrogen-bond donors (Lipinski definition) is 3. The van der Waals surface area contributed by atoms with Crippen LogP contribution in [0.2, 0.25) is 0 Å². The Bertz CT molecular complexity index is 1260. The molecule has 6 rings (SSSR count). The van der Waals surface area contributed by atoms with Crippen LogP contribution in [0.15, 0.2) is 53.4 Å². The van der Waals surface area contributed by atoms with Crippen LogP contribution in [0.1, 0.15) is 68.9 Å². The van der Waals surface area contributed by atoms with Gasteiger partial charge in [-0.05, 0) is 80.7 Å². The van der Waals surface area contributed by atoms with E-state index in [1.54, 1.807) is 18.3 Å². The molecule has 2 aromatic rings. The first-order valence-corrected chi connectivity index (χ1v) is 13.6. The molecule has 3 aliphatic heterocycles. The summed E-state index contributed by atoms with van der Waals surface area (Å²) >= 11 is 0. The number of nitrogens with zero attached hydrogens (tertiary/aromatic N) is 3. The van der Waals surface area contributed by atoms with Crippen molar-refractivity contribution in [3.63, 3.8) is 0 Å². The maximum atomic E-state index is 13.5. The lowest BCUT2D eigenvalue weighted by atomic mass is 9.65. The van der Waals surface area contributed by atoms with Crippen molar-refractivity contribution < 1.29 is 19.0 Å². The number of carbonyl (C=O) groups is 1. The number of anilines is 2. The smallest absolute Gasteiger partial charge is 0.314 e. The van der Waals surface area contributed by atoms with Gasteiger partial charge in [0.05, 0.1) is 30.0 Å². The number of rotatable bonds is 7. The van der Waals surface area contributed by atoms with Gasteiger partial charge in [0.15, 0.2) is 5.82 Å². The van der Waals surface area contributed by atoms with Crippen LogP contribution in [0.3, 0.4) is 0 Å². The maximum absolute atomic E-state index is 13.5. The number of fused-ring (bicyclic) bond motifs is 2. The van der Waals surface area contributed by atoms with Gasteiger partial charge in [0.2, 0.25) is 0 Å². The predicted octanol–water partition coefficient (Wildman–Crippen LogP) is 4.89. The molecule has 2 bridgehead atoms. The quantitative estimate of drug-likeness (QED) is 0.479. The van der Waals surface area contributed by atoms with E-state index in [0.717, 1.165) is 54.9 Å². The molecule has 0 amide bonds. The lowest BCUT2D eigenvalue weighted by Crippen LogP contribution is -2.44. The summed E-state index contributed by atoms with van der Waals surface area (Å²) in [5, 5.41) is 16.7. The average Bonchev–Trinajstić information content (AvgIpc) is 3.13. The van der Waals surface area contributed by atoms with E-state index < -0.39 is 11.4 Å². The Morgan fingerprint density at radius 1 is 1.24 bits per heavy atom. The summed E-state index contributed by atoms with van der Waals surface area (Å²) in [7, 11) is 0. The van der Waals surface area contributed by atoms with Crippen LogP contribution in [0, 0.1) is 5.82 Å². The van der Waals surface area contributed by atoms with Crippen molar-refractivity contribution in [2.24, 2.45) is 4.99 Å². The molecule has 1 aromatic carbocycles. The Labute approximate surface area is 222 Å². The van der Waals surface area contributed by atoms with Gasteiger partial charge in [-0.1, -0.05) is 18.6 Å². The second-order valence-corrected chi connectivity index (χ2v) is 10.8. The summed E-state index contributed by atoms with van der Waals surface area (Å²) in [6, 6.07) is 10.1. The van der Waals surface area contributed by atoms with Crippen molar-refractivity contribution in [2.75, 3.05) is 23.4 Å². The van der Waals surface area contributed by atoms with Gasteiger partial charge in [-0.2, -0.15) is 0 Å². The lowest BCUT2D eigenvalue weighted by molar-refractivity contribution is -0.147. The van der Waals surface area contributed by atoms with Crippen molar-refractivity contribution in [2.45, 2.75) is 75.3 Å². The number of halogens is 1. The van der Waals surface area contributed by atoms with Crippen LogP contribution in [0.25, 0.3) is 0 Å². The summed E-state index contributed by atoms with van der Waals surface area (Å²) in [4.78, 5) is 24.1. The first kappa shape index (κ1) is 24.7. The number of aliphatic imine (C=N–C) groups is 1. The summed E-state index contributed by atoms with van der Waals surface area (Å²) in [5.41, 5.74) is 2.75. The molecule has 200 valence electrons. The molecule has 2 unspecified atom stereocenters. The zero-order chi connectivity index (χ0) is 26.3. The summed E-state index contributed by atoms with van der Waals surface area (Å²) in [6.45, 7) is 2.87. The molecule has 1 aliphatic carbocycles. The molecular formula is C29H34FN5O3. The average molecular weight is 520 g/mol. The molecule has 4 heterocycles. The fraction of sp³-hybridized carbons (Fsp3) is 0.483. The predicted molar refractivity (Wildman–Crippen MR) is 144 cm³/mol. The number of hydrogen-bond acceptors (Lipinski definition) is 7. The van der Waals surface area contributed by atoms with Gasteiger partial charge in [0.1, 0.15) is 5.82 Å². The monoisotopic (exact) mass is 519 g/mol. The highest BCUT2D eigenvalue weighted by atomic mass is 19.1. The Kier molecular flexibility index (Phi) is 6.45. The molecule has 3 fully saturated rings. The topological polar surface area (TPSA) is 99.1 Å². The zero-order valence-electron chi connectivity index (χ0n) is 21.6. The molecule has 1 saturated carbocycles. The van der Waals surface area contributed by atoms with E-state index in [4.69, 9.17) is 9.72 Å². The van der Waals surface area contributed by atoms with E-state index in [2.05, 4.69) is 20.5 Å². The molecule has 8 nitrogen and oxygen atoms in total. The highest BCUT2D eigenvalue weighted by molar-refractivity contribution is 5.84. The molecule has 38 heavy (non-hydrogen) atoms. The fourth-order valence-electron chi connectivity index (χ4n) is 6.57. The van der Waals surface area contributed by atoms with Crippen molar-refractivity contribution >= 4 is 23.5 Å². The Morgan fingerprint density at radius 3 is 2.55 bits per heavy atom. The second-order valence-electron chi connectivity index (χ2n) is 10.8. The summed E-state index contributed by atoms with van der Waals surface area (Å²) < 4.78 is 19.0. The highest BCUT2D eigenvalue weighted by Crippen LogP contribution is 2.49. The third-order valence-corrected chi connectivity index (χ3v) is 8.69. The molecule has 0 spiro atoms. The van der Waals surface area contributed by atoms with Crippen LogP contribution in [-0.2, 0) is 14.9 Å². The SMILES string of the molecule is CCOC1=NCC(Nc2cc(C3(C(=O)O)CCC3)cnc2N2C3CCC2CC(c2ccc(F)cc2)C3)=CN1. The van der Waals surface area contributed by atoms with Gasteiger partial charge in [-0.3, -0.25) is 4.79 Å². The largest absolute Gasteiger partial charge is 0.481 e. The minimum atomic E-state index is -0.865. The second kappa shape index (κ2) is 9.93. The number of pyridine rings is 1. The zero-order valence-corrected chi connectivity index (χ0v) is 21.6. The third kappa shape index (κ3) is 4.37. The van der Waals surface area contributed by atoms with E-state index in [9.17, 15) is 14.3 Å². The van der Waals surface area contributed by atoms with Crippen molar-refractivity contribution in [1.82, 2.24) is 10.3 Å². The number of nitrogens with one attached hydrogen (secondary N) is 2. The van der Waals surface area contributed by atoms with Crippen LogP contribution in [0.4, 0.5) is 15.9 Å². The van der Waals surface area contributed by atoms with Gasteiger partial charge < -0.3 is 25.4 Å². The van der Waals surface area contributed by atoms with Gasteiger partial charge >= 0.3 is 5.97 Å². The summed E-state index contributed by atoms with van der Waals surface area (Å²) in [6.07, 6.45) is 9.91. The molecule has 0 radical (unpaired) electrons. The van der Waals surface area contributed by atoms with Crippen LogP contribution in [0.5, 0.6) is 0 Å². The standard InChI is InChI=1S/C29H34FN5O3/c1-2-38-28-32-16-22(17-33-28)34-25-14-20(29(27(36)37)10-3-11-29)15-31-26(25)35-23-8-9-24(35)13-19(12-23)18-4-6-21(30)7-5-18/h4-7,14-16,19,23-24,34H,2-3,8-13,17H2,1H3,(H,32,33)(H,36,37). The number of carboxylic acid groups (broad SMARTS) is 1. The van der Waals surface area contributed by atoms with Crippen LogP contribution < -0.4 is 15.5 Å². The Morgan fingerprint density at radius 2 is 1.97 bits per heavy atom. The van der Waals surface area contributed by atoms with Gasteiger partial charge in [0, 0.05) is 24.5 Å². The number of benzene rings is 1.